The van der Waals surface area contributed by atoms with Crippen LogP contribution >= 0.6 is 0 Å². The first-order valence-electron chi connectivity index (χ1n) is 6.33. The van der Waals surface area contributed by atoms with Gasteiger partial charge in [-0.2, -0.15) is 0 Å². The molecular weight excluding hydrogens is 172 g/mol. The molecule has 0 saturated carbocycles. The molecule has 0 aromatic carbocycles. The van der Waals surface area contributed by atoms with Gasteiger partial charge in [-0.25, -0.2) is 0 Å². The van der Waals surface area contributed by atoms with Crippen molar-refractivity contribution in [3.8, 4) is 0 Å². The maximum atomic E-state index is 3.54. The molecule has 1 N–H and O–H groups in total. The van der Waals surface area contributed by atoms with E-state index < -0.39 is 0 Å². The first-order chi connectivity index (χ1) is 6.88. The molecule has 1 saturated heterocycles. The van der Waals surface area contributed by atoms with E-state index in [2.05, 4.69) is 24.1 Å². The van der Waals surface area contributed by atoms with Gasteiger partial charge in [0.15, 0.2) is 0 Å². The Morgan fingerprint density at radius 1 is 1.29 bits per heavy atom. The summed E-state index contributed by atoms with van der Waals surface area (Å²) in [6.45, 7) is 9.54. The third-order valence-electron chi connectivity index (χ3n) is 3.10. The van der Waals surface area contributed by atoms with Crippen molar-refractivity contribution in [1.29, 1.82) is 0 Å². The van der Waals surface area contributed by atoms with E-state index in [1.54, 1.807) is 0 Å². The lowest BCUT2D eigenvalue weighted by Crippen LogP contribution is -2.38. The van der Waals surface area contributed by atoms with Crippen LogP contribution in [-0.2, 0) is 0 Å². The number of nitrogens with zero attached hydrogens (tertiary/aromatic N) is 1. The van der Waals surface area contributed by atoms with E-state index in [0.29, 0.717) is 0 Å². The molecule has 1 rings (SSSR count). The molecule has 1 aliphatic heterocycles. The quantitative estimate of drug-likeness (QED) is 0.631. The van der Waals surface area contributed by atoms with Gasteiger partial charge in [-0.05, 0) is 45.3 Å². The molecule has 2 heteroatoms. The molecule has 0 aromatic heterocycles. The molecule has 0 aliphatic carbocycles. The SMILES string of the molecule is CCCCN1CCC[C@@H]1CNCCC. The van der Waals surface area contributed by atoms with Crippen LogP contribution < -0.4 is 5.32 Å². The molecule has 1 aliphatic rings. The van der Waals surface area contributed by atoms with Gasteiger partial charge in [-0.15, -0.1) is 0 Å². The molecule has 1 heterocycles. The normalized spacial score (nSPS) is 23.1. The summed E-state index contributed by atoms with van der Waals surface area (Å²) in [7, 11) is 0. The molecule has 1 atom stereocenters. The summed E-state index contributed by atoms with van der Waals surface area (Å²) in [4.78, 5) is 2.67. The highest BCUT2D eigenvalue weighted by molar-refractivity contribution is 4.80. The lowest BCUT2D eigenvalue weighted by Gasteiger charge is -2.24. The second kappa shape index (κ2) is 7.24. The monoisotopic (exact) mass is 198 g/mol. The molecule has 0 radical (unpaired) electrons. The van der Waals surface area contributed by atoms with Gasteiger partial charge in [0.1, 0.15) is 0 Å². The Morgan fingerprint density at radius 2 is 2.14 bits per heavy atom. The van der Waals surface area contributed by atoms with Crippen molar-refractivity contribution >= 4 is 0 Å². The molecule has 0 bridgehead atoms. The number of likely N-dealkylation sites (tertiary alicyclic amines) is 1. The summed E-state index contributed by atoms with van der Waals surface area (Å²) in [5, 5.41) is 3.54. The highest BCUT2D eigenvalue weighted by atomic mass is 15.2. The number of hydrogen-bond acceptors (Lipinski definition) is 2. The number of unbranched alkanes of at least 4 members (excludes halogenated alkanes) is 1. The van der Waals surface area contributed by atoms with Crippen molar-refractivity contribution in [1.82, 2.24) is 10.2 Å². The van der Waals surface area contributed by atoms with E-state index in [4.69, 9.17) is 0 Å². The fourth-order valence-electron chi connectivity index (χ4n) is 2.23. The van der Waals surface area contributed by atoms with Gasteiger partial charge in [0.05, 0.1) is 0 Å². The highest BCUT2D eigenvalue weighted by Gasteiger charge is 2.22. The summed E-state index contributed by atoms with van der Waals surface area (Å²) in [6, 6.07) is 0.827. The van der Waals surface area contributed by atoms with Crippen LogP contribution in [0.5, 0.6) is 0 Å². The van der Waals surface area contributed by atoms with Crippen molar-refractivity contribution in [2.75, 3.05) is 26.2 Å². The van der Waals surface area contributed by atoms with E-state index >= 15 is 0 Å². The van der Waals surface area contributed by atoms with Crippen LogP contribution in [0.3, 0.4) is 0 Å². The van der Waals surface area contributed by atoms with Crippen LogP contribution in [0.2, 0.25) is 0 Å². The van der Waals surface area contributed by atoms with E-state index in [0.717, 1.165) is 6.04 Å². The maximum absolute atomic E-state index is 3.54. The van der Waals surface area contributed by atoms with Crippen molar-refractivity contribution in [2.45, 2.75) is 52.0 Å². The maximum Gasteiger partial charge on any atom is 0.0221 e. The van der Waals surface area contributed by atoms with Gasteiger partial charge in [0.25, 0.3) is 0 Å². The Bertz CT molecular complexity index is 136. The molecule has 0 amide bonds. The average molecular weight is 198 g/mol. The van der Waals surface area contributed by atoms with Crippen LogP contribution in [0, 0.1) is 0 Å². The van der Waals surface area contributed by atoms with Crippen molar-refractivity contribution in [3.63, 3.8) is 0 Å². The third-order valence-corrected chi connectivity index (χ3v) is 3.10. The van der Waals surface area contributed by atoms with E-state index in [1.807, 2.05) is 0 Å². The van der Waals surface area contributed by atoms with E-state index in [9.17, 15) is 0 Å². The van der Waals surface area contributed by atoms with Gasteiger partial charge < -0.3 is 5.32 Å². The Kier molecular flexibility index (Phi) is 6.20. The Hall–Kier alpha value is -0.0800. The summed E-state index contributed by atoms with van der Waals surface area (Å²) < 4.78 is 0. The predicted molar refractivity (Wildman–Crippen MR) is 62.7 cm³/mol. The van der Waals surface area contributed by atoms with Crippen molar-refractivity contribution in [3.05, 3.63) is 0 Å². The van der Waals surface area contributed by atoms with E-state index in [1.165, 1.54) is 58.3 Å². The smallest absolute Gasteiger partial charge is 0.0221 e. The van der Waals surface area contributed by atoms with Gasteiger partial charge in [-0.1, -0.05) is 20.3 Å². The number of hydrogen-bond donors (Lipinski definition) is 1. The van der Waals surface area contributed by atoms with Crippen LogP contribution in [0.4, 0.5) is 0 Å². The van der Waals surface area contributed by atoms with Gasteiger partial charge in [0, 0.05) is 12.6 Å². The van der Waals surface area contributed by atoms with Crippen LogP contribution in [0.1, 0.15) is 46.0 Å². The van der Waals surface area contributed by atoms with Crippen molar-refractivity contribution in [2.24, 2.45) is 0 Å². The van der Waals surface area contributed by atoms with Crippen LogP contribution in [-0.4, -0.2) is 37.1 Å². The lowest BCUT2D eigenvalue weighted by molar-refractivity contribution is 0.244. The summed E-state index contributed by atoms with van der Waals surface area (Å²) in [6.07, 6.45) is 6.75. The van der Waals surface area contributed by atoms with Gasteiger partial charge >= 0.3 is 0 Å². The minimum Gasteiger partial charge on any atom is -0.315 e. The molecule has 84 valence electrons. The summed E-state index contributed by atoms with van der Waals surface area (Å²) >= 11 is 0. The second-order valence-corrected chi connectivity index (χ2v) is 4.39. The fraction of sp³-hybridized carbons (Fsp3) is 1.00. The second-order valence-electron chi connectivity index (χ2n) is 4.39. The minimum atomic E-state index is 0.827. The summed E-state index contributed by atoms with van der Waals surface area (Å²) in [5.74, 6) is 0. The zero-order chi connectivity index (χ0) is 10.2. The first kappa shape index (κ1) is 12.0. The molecule has 0 unspecified atom stereocenters. The zero-order valence-corrected chi connectivity index (χ0v) is 9.89. The topological polar surface area (TPSA) is 15.3 Å². The average Bonchev–Trinajstić information content (AvgIpc) is 2.63. The zero-order valence-electron chi connectivity index (χ0n) is 9.89. The van der Waals surface area contributed by atoms with Crippen molar-refractivity contribution < 1.29 is 0 Å². The van der Waals surface area contributed by atoms with Gasteiger partial charge in [-0.3, -0.25) is 4.90 Å². The Labute approximate surface area is 89.1 Å². The highest BCUT2D eigenvalue weighted by Crippen LogP contribution is 2.16. The number of nitrogens with one attached hydrogen (secondary N) is 1. The molecular formula is C12H26N2. The molecule has 1 fully saturated rings. The molecule has 14 heavy (non-hydrogen) atoms. The standard InChI is InChI=1S/C12H26N2/c1-3-5-9-14-10-6-7-12(14)11-13-8-4-2/h12-13H,3-11H2,1-2H3/t12-/m1/s1. The lowest BCUT2D eigenvalue weighted by atomic mass is 10.2. The summed E-state index contributed by atoms with van der Waals surface area (Å²) in [5.41, 5.74) is 0. The Morgan fingerprint density at radius 3 is 2.86 bits per heavy atom. The third kappa shape index (κ3) is 3.97. The van der Waals surface area contributed by atoms with Crippen LogP contribution in [0.15, 0.2) is 0 Å². The largest absolute Gasteiger partial charge is 0.315 e. The molecule has 0 spiro atoms. The van der Waals surface area contributed by atoms with E-state index in [-0.39, 0.29) is 0 Å². The minimum absolute atomic E-state index is 0.827. The molecule has 2 nitrogen and oxygen atoms in total. The van der Waals surface area contributed by atoms with Gasteiger partial charge in [0.2, 0.25) is 0 Å². The first-order valence-corrected chi connectivity index (χ1v) is 6.33. The van der Waals surface area contributed by atoms with Crippen LogP contribution in [0.25, 0.3) is 0 Å². The molecule has 0 aromatic rings. The predicted octanol–water partition coefficient (Wildman–Crippen LogP) is 2.25. The Balaban J connectivity index is 2.14. The number of rotatable bonds is 7. The fourth-order valence-corrected chi connectivity index (χ4v) is 2.23.